The van der Waals surface area contributed by atoms with Gasteiger partial charge in [0.25, 0.3) is 0 Å². The molecule has 0 spiro atoms. The number of piperidine rings is 1. The van der Waals surface area contributed by atoms with Gasteiger partial charge in [-0.1, -0.05) is 30.7 Å². The van der Waals surface area contributed by atoms with E-state index in [-0.39, 0.29) is 11.9 Å². The van der Waals surface area contributed by atoms with Crippen molar-refractivity contribution in [1.82, 2.24) is 25.6 Å². The number of anilines is 1. The van der Waals surface area contributed by atoms with Crippen molar-refractivity contribution >= 4 is 22.5 Å². The van der Waals surface area contributed by atoms with Gasteiger partial charge in [-0.15, -0.1) is 0 Å². The van der Waals surface area contributed by atoms with E-state index in [4.69, 9.17) is 0 Å². The molecular formula is C27H30N6O. The fourth-order valence-corrected chi connectivity index (χ4v) is 5.08. The molecule has 2 aliphatic heterocycles. The molecule has 7 heteroatoms. The topological polar surface area (TPSA) is 97.6 Å². The minimum absolute atomic E-state index is 0.0519. The van der Waals surface area contributed by atoms with Crippen LogP contribution in [-0.4, -0.2) is 40.0 Å². The molecule has 6 rings (SSSR count). The first-order chi connectivity index (χ1) is 16.7. The number of benzene rings is 2. The molecular weight excluding hydrogens is 424 g/mol. The molecule has 7 nitrogen and oxygen atoms in total. The highest BCUT2D eigenvalue weighted by molar-refractivity contribution is 5.97. The standard InChI is InChI=1S/C27H30N6O/c34-27(23-4-1-2-12-29-23)31-20-10-11-21-19(14-20)15-24(32-21)17-6-8-18(9-7-17)25-16-30-26(33-25)22-5-3-13-28-22/h6-11,14-16,22-23,28-29,32H,1-5,12-13H2,(H,30,33)(H,31,34)/t22-,23-/m0/s1. The largest absolute Gasteiger partial charge is 0.355 e. The summed E-state index contributed by atoms with van der Waals surface area (Å²) in [6.07, 6.45) is 7.40. The zero-order chi connectivity index (χ0) is 22.9. The number of nitrogens with zero attached hydrogens (tertiary/aromatic N) is 1. The van der Waals surface area contributed by atoms with Gasteiger partial charge in [-0.05, 0) is 74.2 Å². The van der Waals surface area contributed by atoms with E-state index in [9.17, 15) is 4.79 Å². The Kier molecular flexibility index (Phi) is 5.65. The highest BCUT2D eigenvalue weighted by atomic mass is 16.2. The van der Waals surface area contributed by atoms with Crippen LogP contribution in [0.1, 0.15) is 44.0 Å². The summed E-state index contributed by atoms with van der Waals surface area (Å²) in [6, 6.07) is 16.9. The predicted molar refractivity (Wildman–Crippen MR) is 136 cm³/mol. The number of carbonyl (C=O) groups excluding carboxylic acids is 1. The molecule has 174 valence electrons. The zero-order valence-electron chi connectivity index (χ0n) is 19.2. The molecule has 2 aromatic heterocycles. The Morgan fingerprint density at radius 3 is 2.44 bits per heavy atom. The second-order valence-corrected chi connectivity index (χ2v) is 9.39. The van der Waals surface area contributed by atoms with Gasteiger partial charge in [0.15, 0.2) is 0 Å². The molecule has 4 heterocycles. The van der Waals surface area contributed by atoms with Gasteiger partial charge >= 0.3 is 0 Å². The first kappa shape index (κ1) is 21.1. The van der Waals surface area contributed by atoms with E-state index >= 15 is 0 Å². The number of imidazole rings is 1. The second-order valence-electron chi connectivity index (χ2n) is 9.39. The number of aromatic nitrogens is 3. The third-order valence-electron chi connectivity index (χ3n) is 7.01. The Morgan fingerprint density at radius 1 is 0.853 bits per heavy atom. The number of hydrogen-bond acceptors (Lipinski definition) is 4. The summed E-state index contributed by atoms with van der Waals surface area (Å²) in [7, 11) is 0. The molecule has 2 atom stereocenters. The van der Waals surface area contributed by atoms with E-state index in [1.165, 1.54) is 6.42 Å². The van der Waals surface area contributed by atoms with E-state index in [2.05, 4.69) is 61.2 Å². The zero-order valence-corrected chi connectivity index (χ0v) is 19.2. The normalized spacial score (nSPS) is 20.6. The smallest absolute Gasteiger partial charge is 0.241 e. The van der Waals surface area contributed by atoms with E-state index in [1.54, 1.807) is 0 Å². The molecule has 0 radical (unpaired) electrons. The molecule has 5 N–H and O–H groups in total. The lowest BCUT2D eigenvalue weighted by Crippen LogP contribution is -2.43. The summed E-state index contributed by atoms with van der Waals surface area (Å²) >= 11 is 0. The van der Waals surface area contributed by atoms with Crippen LogP contribution >= 0.6 is 0 Å². The predicted octanol–water partition coefficient (Wildman–Crippen LogP) is 4.73. The lowest BCUT2D eigenvalue weighted by atomic mass is 10.0. The first-order valence-electron chi connectivity index (χ1n) is 12.3. The molecule has 4 aromatic rings. The maximum atomic E-state index is 12.6. The molecule has 2 saturated heterocycles. The monoisotopic (exact) mass is 454 g/mol. The van der Waals surface area contributed by atoms with Crippen LogP contribution in [0.2, 0.25) is 0 Å². The van der Waals surface area contributed by atoms with Gasteiger partial charge in [0.05, 0.1) is 24.0 Å². The maximum Gasteiger partial charge on any atom is 0.241 e. The quantitative estimate of drug-likeness (QED) is 0.301. The van der Waals surface area contributed by atoms with Crippen molar-refractivity contribution in [2.24, 2.45) is 0 Å². The van der Waals surface area contributed by atoms with Gasteiger partial charge < -0.3 is 25.9 Å². The third kappa shape index (κ3) is 4.24. The van der Waals surface area contributed by atoms with Crippen molar-refractivity contribution in [2.45, 2.75) is 44.2 Å². The van der Waals surface area contributed by atoms with Crippen LogP contribution in [-0.2, 0) is 4.79 Å². The molecule has 0 saturated carbocycles. The SMILES string of the molecule is O=C(Nc1ccc2[nH]c(-c3ccc(-c4cnc([C@@H]5CCCN5)[nH]4)cc3)cc2c1)[C@@H]1CCCCN1. The highest BCUT2D eigenvalue weighted by Gasteiger charge is 2.21. The van der Waals surface area contributed by atoms with Crippen molar-refractivity contribution in [1.29, 1.82) is 0 Å². The average molecular weight is 455 g/mol. The van der Waals surface area contributed by atoms with Gasteiger partial charge in [0, 0.05) is 22.3 Å². The van der Waals surface area contributed by atoms with Crippen molar-refractivity contribution < 1.29 is 4.79 Å². The van der Waals surface area contributed by atoms with Crippen molar-refractivity contribution in [3.8, 4) is 22.5 Å². The van der Waals surface area contributed by atoms with Crippen LogP contribution in [0.5, 0.6) is 0 Å². The van der Waals surface area contributed by atoms with Gasteiger partial charge in [0.1, 0.15) is 5.82 Å². The van der Waals surface area contributed by atoms with Crippen LogP contribution in [0.15, 0.2) is 54.7 Å². The summed E-state index contributed by atoms with van der Waals surface area (Å²) in [5.41, 5.74) is 6.22. The van der Waals surface area contributed by atoms with Crippen molar-refractivity contribution in [3.05, 3.63) is 60.6 Å². The van der Waals surface area contributed by atoms with Crippen LogP contribution in [0.4, 0.5) is 5.69 Å². The third-order valence-corrected chi connectivity index (χ3v) is 7.01. The van der Waals surface area contributed by atoms with E-state index < -0.39 is 0 Å². The fraction of sp³-hybridized carbons (Fsp3) is 0.333. The molecule has 2 aliphatic rings. The van der Waals surface area contributed by atoms with E-state index in [1.807, 2.05) is 24.4 Å². The van der Waals surface area contributed by atoms with Gasteiger partial charge in [-0.2, -0.15) is 0 Å². The maximum absolute atomic E-state index is 12.6. The number of H-pyrrole nitrogens is 2. The Labute approximate surface area is 198 Å². The summed E-state index contributed by atoms with van der Waals surface area (Å²) in [5, 5.41) is 10.9. The number of fused-ring (bicyclic) bond motifs is 1. The van der Waals surface area contributed by atoms with Crippen LogP contribution in [0.3, 0.4) is 0 Å². The van der Waals surface area contributed by atoms with Gasteiger partial charge in [-0.25, -0.2) is 4.98 Å². The Morgan fingerprint density at radius 2 is 1.68 bits per heavy atom. The van der Waals surface area contributed by atoms with Crippen molar-refractivity contribution in [3.63, 3.8) is 0 Å². The van der Waals surface area contributed by atoms with Crippen LogP contribution < -0.4 is 16.0 Å². The number of amides is 1. The fourth-order valence-electron chi connectivity index (χ4n) is 5.08. The van der Waals surface area contributed by atoms with Crippen LogP contribution in [0.25, 0.3) is 33.4 Å². The number of hydrogen-bond donors (Lipinski definition) is 5. The van der Waals surface area contributed by atoms with Crippen molar-refractivity contribution in [2.75, 3.05) is 18.4 Å². The summed E-state index contributed by atoms with van der Waals surface area (Å²) in [5.74, 6) is 1.07. The number of nitrogens with one attached hydrogen (secondary N) is 5. The second kappa shape index (κ2) is 9.08. The summed E-state index contributed by atoms with van der Waals surface area (Å²) in [4.78, 5) is 24.1. The highest BCUT2D eigenvalue weighted by Crippen LogP contribution is 2.29. The van der Waals surface area contributed by atoms with Gasteiger partial charge in [0.2, 0.25) is 5.91 Å². The molecule has 1 amide bonds. The molecule has 34 heavy (non-hydrogen) atoms. The number of aromatic amines is 2. The van der Waals surface area contributed by atoms with Gasteiger partial charge in [-0.3, -0.25) is 4.79 Å². The summed E-state index contributed by atoms with van der Waals surface area (Å²) < 4.78 is 0. The van der Waals surface area contributed by atoms with E-state index in [0.717, 1.165) is 83.7 Å². The molecule has 0 bridgehead atoms. The minimum Gasteiger partial charge on any atom is -0.355 e. The Bertz CT molecular complexity index is 1290. The number of carbonyl (C=O) groups is 1. The molecule has 0 unspecified atom stereocenters. The Hall–Kier alpha value is -3.42. The molecule has 0 aliphatic carbocycles. The summed E-state index contributed by atoms with van der Waals surface area (Å²) in [6.45, 7) is 1.97. The minimum atomic E-state index is -0.0925. The van der Waals surface area contributed by atoms with E-state index in [0.29, 0.717) is 6.04 Å². The molecule has 2 aromatic carbocycles. The van der Waals surface area contributed by atoms with Crippen LogP contribution in [0, 0.1) is 0 Å². The lowest BCUT2D eigenvalue weighted by molar-refractivity contribution is -0.118. The average Bonchev–Trinajstić information content (AvgIpc) is 3.65. The molecule has 2 fully saturated rings. The first-order valence-corrected chi connectivity index (χ1v) is 12.3. The lowest BCUT2D eigenvalue weighted by Gasteiger charge is -2.22. The Balaban J connectivity index is 1.18. The number of rotatable bonds is 5.